The minimum atomic E-state index is -4.77. The van der Waals surface area contributed by atoms with Crippen molar-refractivity contribution in [2.45, 2.75) is 31.6 Å². The molecule has 1 aromatic carbocycles. The van der Waals surface area contributed by atoms with Gasteiger partial charge in [0.2, 0.25) is 5.91 Å². The molecule has 2 heterocycles. The number of anilines is 2. The zero-order valence-electron chi connectivity index (χ0n) is 15.6. The minimum absolute atomic E-state index is 0.0428. The molecule has 2 unspecified atom stereocenters. The van der Waals surface area contributed by atoms with Gasteiger partial charge in [0, 0.05) is 24.0 Å². The van der Waals surface area contributed by atoms with Crippen molar-refractivity contribution in [1.82, 2.24) is 4.98 Å². The second-order valence-corrected chi connectivity index (χ2v) is 7.24. The molecule has 1 fully saturated rings. The average molecular weight is 442 g/mol. The van der Waals surface area contributed by atoms with Gasteiger partial charge in [-0.2, -0.15) is 18.4 Å². The summed E-state index contributed by atoms with van der Waals surface area (Å²) in [5.74, 6) is -1.56. The molecule has 1 amide bonds. The summed E-state index contributed by atoms with van der Waals surface area (Å²) in [6.07, 6.45) is -4.47. The maximum absolute atomic E-state index is 13.4. The Morgan fingerprint density at radius 3 is 2.70 bits per heavy atom. The predicted molar refractivity (Wildman–Crippen MR) is 102 cm³/mol. The number of rotatable bonds is 3. The number of alkyl halides is 3. The third kappa shape index (κ3) is 4.17. The second-order valence-electron chi connectivity index (χ2n) is 6.83. The standard InChI is InChI=1S/C19H16ClF4N5O/c1-9-6-12(19(22,23)24)11(8-25)17(27-9)29-5-4-15(26)16(29)18(30)28-10-2-3-14(21)13(20)7-10/h2-3,6-7,15-16H,4-5,26H2,1H3,(H,28,30). The number of nitrogens with zero attached hydrogens (tertiary/aromatic N) is 3. The molecule has 0 spiro atoms. The van der Waals surface area contributed by atoms with Crippen molar-refractivity contribution in [3.05, 3.63) is 51.9 Å². The summed E-state index contributed by atoms with van der Waals surface area (Å²) >= 11 is 5.71. The fourth-order valence-corrected chi connectivity index (χ4v) is 3.56. The van der Waals surface area contributed by atoms with Crippen LogP contribution in [0.2, 0.25) is 5.02 Å². The molecule has 30 heavy (non-hydrogen) atoms. The van der Waals surface area contributed by atoms with Crippen molar-refractivity contribution in [1.29, 1.82) is 5.26 Å². The van der Waals surface area contributed by atoms with Crippen LogP contribution in [0.5, 0.6) is 0 Å². The van der Waals surface area contributed by atoms with E-state index >= 15 is 0 Å². The Morgan fingerprint density at radius 1 is 1.40 bits per heavy atom. The van der Waals surface area contributed by atoms with Crippen molar-refractivity contribution < 1.29 is 22.4 Å². The second kappa shape index (κ2) is 8.08. The van der Waals surface area contributed by atoms with Crippen LogP contribution in [0, 0.1) is 24.1 Å². The molecule has 1 aliphatic heterocycles. The van der Waals surface area contributed by atoms with Gasteiger partial charge in [0.25, 0.3) is 0 Å². The molecule has 0 bridgehead atoms. The first-order valence-corrected chi connectivity index (χ1v) is 9.17. The highest BCUT2D eigenvalue weighted by molar-refractivity contribution is 6.31. The largest absolute Gasteiger partial charge is 0.417 e. The number of nitrogens with one attached hydrogen (secondary N) is 1. The molecule has 6 nitrogen and oxygen atoms in total. The Bertz CT molecular complexity index is 1040. The number of carbonyl (C=O) groups excluding carboxylic acids is 1. The summed E-state index contributed by atoms with van der Waals surface area (Å²) in [5.41, 5.74) is 4.48. The van der Waals surface area contributed by atoms with Gasteiger partial charge < -0.3 is 16.0 Å². The first-order valence-electron chi connectivity index (χ1n) is 8.80. The quantitative estimate of drug-likeness (QED) is 0.709. The number of hydrogen-bond acceptors (Lipinski definition) is 5. The third-order valence-electron chi connectivity index (χ3n) is 4.72. The molecule has 158 valence electrons. The number of hydrogen-bond donors (Lipinski definition) is 2. The summed E-state index contributed by atoms with van der Waals surface area (Å²) in [4.78, 5) is 18.3. The van der Waals surface area contributed by atoms with Crippen LogP contribution in [0.1, 0.15) is 23.2 Å². The van der Waals surface area contributed by atoms with Crippen LogP contribution in [-0.4, -0.2) is 29.5 Å². The topological polar surface area (TPSA) is 95.0 Å². The van der Waals surface area contributed by atoms with Crippen molar-refractivity contribution in [2.24, 2.45) is 5.73 Å². The van der Waals surface area contributed by atoms with Crippen molar-refractivity contribution in [3.63, 3.8) is 0 Å². The van der Waals surface area contributed by atoms with Crippen LogP contribution in [0.4, 0.5) is 29.1 Å². The number of aromatic nitrogens is 1. The number of nitrogens with two attached hydrogens (primary N) is 1. The molecule has 1 saturated heterocycles. The summed E-state index contributed by atoms with van der Waals surface area (Å²) in [6.45, 7) is 1.50. The van der Waals surface area contributed by atoms with Gasteiger partial charge in [0.15, 0.2) is 0 Å². The first kappa shape index (κ1) is 21.8. The molecule has 1 aromatic heterocycles. The normalized spacial score (nSPS) is 18.9. The van der Waals surface area contributed by atoms with E-state index in [1.165, 1.54) is 24.0 Å². The number of halogens is 5. The Labute approximate surface area is 174 Å². The van der Waals surface area contributed by atoms with E-state index in [1.807, 2.05) is 0 Å². The lowest BCUT2D eigenvalue weighted by atomic mass is 10.1. The molecule has 3 N–H and O–H groups in total. The van der Waals surface area contributed by atoms with E-state index in [0.29, 0.717) is 6.42 Å². The lowest BCUT2D eigenvalue weighted by molar-refractivity contribution is -0.137. The fraction of sp³-hybridized carbons (Fsp3) is 0.316. The van der Waals surface area contributed by atoms with Gasteiger partial charge in [-0.15, -0.1) is 0 Å². The van der Waals surface area contributed by atoms with Crippen LogP contribution >= 0.6 is 11.6 Å². The number of benzene rings is 1. The van der Waals surface area contributed by atoms with E-state index in [2.05, 4.69) is 10.3 Å². The summed E-state index contributed by atoms with van der Waals surface area (Å²) in [7, 11) is 0. The summed E-state index contributed by atoms with van der Waals surface area (Å²) in [6, 6.07) is 4.09. The third-order valence-corrected chi connectivity index (χ3v) is 5.01. The van der Waals surface area contributed by atoms with E-state index in [9.17, 15) is 27.6 Å². The lowest BCUT2D eigenvalue weighted by Crippen LogP contribution is -2.49. The summed E-state index contributed by atoms with van der Waals surface area (Å²) < 4.78 is 53.6. The van der Waals surface area contributed by atoms with Gasteiger partial charge in [-0.25, -0.2) is 9.37 Å². The van der Waals surface area contributed by atoms with Gasteiger partial charge in [-0.05, 0) is 37.6 Å². The van der Waals surface area contributed by atoms with E-state index < -0.39 is 41.1 Å². The molecule has 0 saturated carbocycles. The van der Waals surface area contributed by atoms with Crippen LogP contribution in [0.25, 0.3) is 0 Å². The average Bonchev–Trinajstić information content (AvgIpc) is 3.04. The van der Waals surface area contributed by atoms with Crippen molar-refractivity contribution >= 4 is 29.0 Å². The fourth-order valence-electron chi connectivity index (χ4n) is 3.38. The molecular formula is C19H16ClF4N5O. The lowest BCUT2D eigenvalue weighted by Gasteiger charge is -2.28. The van der Waals surface area contributed by atoms with Crippen LogP contribution in [0.3, 0.4) is 0 Å². The Balaban J connectivity index is 2.00. The highest BCUT2D eigenvalue weighted by Gasteiger charge is 2.42. The molecule has 0 radical (unpaired) electrons. The smallest absolute Gasteiger partial charge is 0.342 e. The van der Waals surface area contributed by atoms with Gasteiger partial charge in [0.1, 0.15) is 29.3 Å². The minimum Gasteiger partial charge on any atom is -0.342 e. The van der Waals surface area contributed by atoms with Crippen molar-refractivity contribution in [3.8, 4) is 6.07 Å². The molecule has 2 aromatic rings. The molecule has 11 heteroatoms. The van der Waals surface area contributed by atoms with E-state index in [4.69, 9.17) is 17.3 Å². The monoisotopic (exact) mass is 441 g/mol. The molecule has 1 aliphatic rings. The Kier molecular flexibility index (Phi) is 5.87. The zero-order chi connectivity index (χ0) is 22.2. The SMILES string of the molecule is Cc1cc(C(F)(F)F)c(C#N)c(N2CCC(N)C2C(=O)Nc2ccc(F)c(Cl)c2)n1. The molecule has 0 aliphatic carbocycles. The molecular weight excluding hydrogens is 426 g/mol. The van der Waals surface area contributed by atoms with Gasteiger partial charge in [-0.3, -0.25) is 4.79 Å². The highest BCUT2D eigenvalue weighted by Crippen LogP contribution is 2.37. The van der Waals surface area contributed by atoms with E-state index in [1.54, 1.807) is 6.07 Å². The van der Waals surface area contributed by atoms with Gasteiger partial charge in [0.05, 0.1) is 10.6 Å². The van der Waals surface area contributed by atoms with Crippen LogP contribution in [-0.2, 0) is 11.0 Å². The van der Waals surface area contributed by atoms with E-state index in [-0.39, 0.29) is 28.8 Å². The number of nitriles is 1. The molecule has 3 rings (SSSR count). The maximum atomic E-state index is 13.4. The number of pyridine rings is 1. The van der Waals surface area contributed by atoms with Gasteiger partial charge in [-0.1, -0.05) is 11.6 Å². The van der Waals surface area contributed by atoms with Gasteiger partial charge >= 0.3 is 6.18 Å². The highest BCUT2D eigenvalue weighted by atomic mass is 35.5. The van der Waals surface area contributed by atoms with E-state index in [0.717, 1.165) is 12.1 Å². The van der Waals surface area contributed by atoms with Crippen LogP contribution in [0.15, 0.2) is 24.3 Å². The Morgan fingerprint density at radius 2 is 2.10 bits per heavy atom. The molecule has 2 atom stereocenters. The zero-order valence-corrected chi connectivity index (χ0v) is 16.4. The predicted octanol–water partition coefficient (Wildman–Crippen LogP) is 3.62. The van der Waals surface area contributed by atoms with Crippen LogP contribution < -0.4 is 16.0 Å². The number of amides is 1. The first-order chi connectivity index (χ1) is 14.0. The maximum Gasteiger partial charge on any atom is 0.417 e. The number of carbonyl (C=O) groups is 1. The number of aryl methyl sites for hydroxylation is 1. The summed E-state index contributed by atoms with van der Waals surface area (Å²) in [5, 5.41) is 11.7. The van der Waals surface area contributed by atoms with Crippen molar-refractivity contribution in [2.75, 3.05) is 16.8 Å². The Hall–Kier alpha value is -2.90.